The average Bonchev–Trinajstić information content (AvgIpc) is 3.00. The van der Waals surface area contributed by atoms with Crippen LogP contribution in [0, 0.1) is 5.41 Å². The first-order valence-electron chi connectivity index (χ1n) is 7.14. The molecular weight excluding hydrogens is 306 g/mol. The summed E-state index contributed by atoms with van der Waals surface area (Å²) in [6.07, 6.45) is 1.85. The minimum Gasteiger partial charge on any atom is -0.480 e. The van der Waals surface area contributed by atoms with Crippen LogP contribution in [0.5, 0.6) is 0 Å². The van der Waals surface area contributed by atoms with Crippen molar-refractivity contribution in [3.63, 3.8) is 0 Å². The van der Waals surface area contributed by atoms with Gasteiger partial charge in [-0.15, -0.1) is 0 Å². The maximum absolute atomic E-state index is 10.3. The summed E-state index contributed by atoms with van der Waals surface area (Å²) in [6, 6.07) is 2.60. The molecule has 8 heteroatoms. The highest BCUT2D eigenvalue weighted by atomic mass is 16.4. The Labute approximate surface area is 134 Å². The summed E-state index contributed by atoms with van der Waals surface area (Å²) in [5.41, 5.74) is 4.50. The molecule has 0 spiro atoms. The Kier molecular flexibility index (Phi) is 9.16. The number of aryl methyl sites for hydroxylation is 1. The number of carboxylic acid groups (broad SMARTS) is 2. The van der Waals surface area contributed by atoms with E-state index in [9.17, 15) is 9.59 Å². The Morgan fingerprint density at radius 3 is 2.26 bits per heavy atom. The topological polar surface area (TPSA) is 154 Å². The highest BCUT2D eigenvalue weighted by Crippen LogP contribution is 2.17. The minimum absolute atomic E-state index is 0.222. The Hall–Kier alpha value is -1.90. The third-order valence-electron chi connectivity index (χ3n) is 3.28. The molecule has 2 unspecified atom stereocenters. The molecule has 1 aromatic rings. The predicted molar refractivity (Wildman–Crippen MR) is 81.8 cm³/mol. The van der Waals surface area contributed by atoms with Crippen LogP contribution in [0.4, 0.5) is 0 Å². The fourth-order valence-corrected chi connectivity index (χ4v) is 1.48. The standard InChI is InChI=1S/C9H12O4.C6H13NO3/c10-8(9(11)12)5-1-3-7-4-2-6-13-7;1-6(2,3-8)4(7)5(9)10/h2,4,6,8,10H,1,3,5H2,(H,11,12);4,8H,3,7H2,1-2H3,(H,9,10). The highest BCUT2D eigenvalue weighted by Gasteiger charge is 2.30. The molecule has 0 aliphatic heterocycles. The molecule has 8 nitrogen and oxygen atoms in total. The van der Waals surface area contributed by atoms with E-state index in [0.29, 0.717) is 12.8 Å². The van der Waals surface area contributed by atoms with Crippen LogP contribution < -0.4 is 5.73 Å². The molecule has 0 fully saturated rings. The van der Waals surface area contributed by atoms with Crippen molar-refractivity contribution in [3.8, 4) is 0 Å². The fraction of sp³-hybridized carbons (Fsp3) is 0.600. The van der Waals surface area contributed by atoms with Crippen LogP contribution in [0.1, 0.15) is 32.4 Å². The number of rotatable bonds is 8. The second-order valence-corrected chi connectivity index (χ2v) is 5.79. The molecule has 2 atom stereocenters. The van der Waals surface area contributed by atoms with Crippen LogP contribution in [0.15, 0.2) is 22.8 Å². The summed E-state index contributed by atoms with van der Waals surface area (Å²) >= 11 is 0. The molecule has 132 valence electrons. The first-order chi connectivity index (χ1) is 10.6. The lowest BCUT2D eigenvalue weighted by molar-refractivity contribution is -0.147. The van der Waals surface area contributed by atoms with Gasteiger partial charge in [0.05, 0.1) is 12.9 Å². The summed E-state index contributed by atoms with van der Waals surface area (Å²) < 4.78 is 5.05. The molecule has 0 amide bonds. The Morgan fingerprint density at radius 2 is 1.91 bits per heavy atom. The second-order valence-electron chi connectivity index (χ2n) is 5.79. The van der Waals surface area contributed by atoms with Gasteiger partial charge in [-0.25, -0.2) is 4.79 Å². The first kappa shape index (κ1) is 21.1. The van der Waals surface area contributed by atoms with Crippen LogP contribution in [0.25, 0.3) is 0 Å². The van der Waals surface area contributed by atoms with E-state index in [1.807, 2.05) is 6.07 Å². The van der Waals surface area contributed by atoms with E-state index in [0.717, 1.165) is 5.76 Å². The Bertz CT molecular complexity index is 470. The molecule has 0 saturated carbocycles. The van der Waals surface area contributed by atoms with Gasteiger partial charge in [0.1, 0.15) is 11.8 Å². The molecular formula is C15H25NO7. The fourth-order valence-electron chi connectivity index (χ4n) is 1.48. The molecule has 0 radical (unpaired) electrons. The number of aliphatic hydroxyl groups excluding tert-OH is 2. The predicted octanol–water partition coefficient (Wildman–Crippen LogP) is 0.465. The molecule has 1 aromatic heterocycles. The lowest BCUT2D eigenvalue weighted by Crippen LogP contribution is -2.45. The highest BCUT2D eigenvalue weighted by molar-refractivity contribution is 5.74. The summed E-state index contributed by atoms with van der Waals surface area (Å²) in [4.78, 5) is 20.5. The number of nitrogens with two attached hydrogens (primary N) is 1. The molecule has 0 saturated heterocycles. The molecule has 23 heavy (non-hydrogen) atoms. The van der Waals surface area contributed by atoms with E-state index < -0.39 is 29.5 Å². The van der Waals surface area contributed by atoms with Gasteiger partial charge in [0, 0.05) is 11.8 Å². The second kappa shape index (κ2) is 9.98. The number of hydrogen-bond donors (Lipinski definition) is 5. The van der Waals surface area contributed by atoms with Gasteiger partial charge in [0.2, 0.25) is 0 Å². The lowest BCUT2D eigenvalue weighted by Gasteiger charge is -2.25. The molecule has 6 N–H and O–H groups in total. The molecule has 0 aliphatic carbocycles. The van der Waals surface area contributed by atoms with Gasteiger partial charge < -0.3 is 30.6 Å². The normalized spacial score (nSPS) is 13.6. The molecule has 1 rings (SSSR count). The number of carbonyl (C=O) groups is 2. The third-order valence-corrected chi connectivity index (χ3v) is 3.28. The van der Waals surface area contributed by atoms with Crippen molar-refractivity contribution < 1.29 is 34.4 Å². The monoisotopic (exact) mass is 331 g/mol. The van der Waals surface area contributed by atoms with Gasteiger partial charge in [-0.05, 0) is 25.0 Å². The number of aliphatic carboxylic acids is 2. The Balaban J connectivity index is 0.000000438. The molecule has 0 aliphatic rings. The van der Waals surface area contributed by atoms with E-state index in [2.05, 4.69) is 0 Å². The zero-order chi connectivity index (χ0) is 18.0. The van der Waals surface area contributed by atoms with Gasteiger partial charge in [0.15, 0.2) is 6.10 Å². The van der Waals surface area contributed by atoms with Gasteiger partial charge in [-0.3, -0.25) is 4.79 Å². The van der Waals surface area contributed by atoms with Crippen molar-refractivity contribution >= 4 is 11.9 Å². The maximum Gasteiger partial charge on any atom is 0.332 e. The van der Waals surface area contributed by atoms with E-state index in [1.54, 1.807) is 26.2 Å². The maximum atomic E-state index is 10.3. The number of hydrogen-bond acceptors (Lipinski definition) is 6. The van der Waals surface area contributed by atoms with Gasteiger partial charge >= 0.3 is 11.9 Å². The van der Waals surface area contributed by atoms with E-state index in [4.69, 9.17) is 30.6 Å². The number of furan rings is 1. The van der Waals surface area contributed by atoms with Crippen molar-refractivity contribution in [2.75, 3.05) is 6.61 Å². The zero-order valence-corrected chi connectivity index (χ0v) is 13.3. The van der Waals surface area contributed by atoms with Gasteiger partial charge in [0.25, 0.3) is 0 Å². The van der Waals surface area contributed by atoms with Crippen molar-refractivity contribution in [2.45, 2.75) is 45.3 Å². The van der Waals surface area contributed by atoms with Crippen molar-refractivity contribution in [3.05, 3.63) is 24.2 Å². The van der Waals surface area contributed by atoms with E-state index in [-0.39, 0.29) is 13.0 Å². The zero-order valence-electron chi connectivity index (χ0n) is 13.3. The average molecular weight is 331 g/mol. The lowest BCUT2D eigenvalue weighted by atomic mass is 9.86. The smallest absolute Gasteiger partial charge is 0.332 e. The van der Waals surface area contributed by atoms with Crippen molar-refractivity contribution in [1.29, 1.82) is 0 Å². The SMILES string of the molecule is CC(C)(CO)C(N)C(=O)O.O=C(O)C(O)CCCc1ccco1. The van der Waals surface area contributed by atoms with Crippen LogP contribution in [-0.4, -0.2) is 51.1 Å². The third kappa shape index (κ3) is 8.34. The number of carboxylic acids is 2. The molecule has 1 heterocycles. The van der Waals surface area contributed by atoms with E-state index in [1.165, 1.54) is 0 Å². The summed E-state index contributed by atoms with van der Waals surface area (Å²) in [7, 11) is 0. The van der Waals surface area contributed by atoms with Crippen LogP contribution >= 0.6 is 0 Å². The largest absolute Gasteiger partial charge is 0.480 e. The van der Waals surface area contributed by atoms with E-state index >= 15 is 0 Å². The van der Waals surface area contributed by atoms with Crippen molar-refractivity contribution in [2.24, 2.45) is 11.1 Å². The quantitative estimate of drug-likeness (QED) is 0.460. The first-order valence-corrected chi connectivity index (χ1v) is 7.14. The Morgan fingerprint density at radius 1 is 1.30 bits per heavy atom. The summed E-state index contributed by atoms with van der Waals surface area (Å²) in [5, 5.41) is 34.4. The summed E-state index contributed by atoms with van der Waals surface area (Å²) in [5.74, 6) is -1.43. The number of aliphatic hydroxyl groups is 2. The van der Waals surface area contributed by atoms with Crippen molar-refractivity contribution in [1.82, 2.24) is 0 Å². The van der Waals surface area contributed by atoms with Crippen LogP contribution in [0.3, 0.4) is 0 Å². The van der Waals surface area contributed by atoms with Gasteiger partial charge in [-0.1, -0.05) is 13.8 Å². The van der Waals surface area contributed by atoms with Crippen LogP contribution in [-0.2, 0) is 16.0 Å². The molecule has 0 bridgehead atoms. The van der Waals surface area contributed by atoms with Crippen LogP contribution in [0.2, 0.25) is 0 Å². The minimum atomic E-state index is -1.25. The molecule has 0 aromatic carbocycles. The summed E-state index contributed by atoms with van der Waals surface area (Å²) in [6.45, 7) is 2.98. The van der Waals surface area contributed by atoms with Gasteiger partial charge in [-0.2, -0.15) is 0 Å².